The Morgan fingerprint density at radius 3 is 1.44 bits per heavy atom. The lowest BCUT2D eigenvalue weighted by Crippen LogP contribution is -2.18. The topological polar surface area (TPSA) is 314 Å². The number of hydrogen-bond donors (Lipinski definition) is 0. The van der Waals surface area contributed by atoms with E-state index in [0.29, 0.717) is 39.4 Å². The largest absolute Gasteiger partial charge is 0.317 e. The third-order valence-corrected chi connectivity index (χ3v) is 15.1. The van der Waals surface area contributed by atoms with Crippen LogP contribution in [0.3, 0.4) is 0 Å². The number of nitrogens with zero attached hydrogens (tertiary/aromatic N) is 24. The van der Waals surface area contributed by atoms with Crippen molar-refractivity contribution in [2.45, 2.75) is 55.4 Å². The Morgan fingerprint density at radius 1 is 0.312 bits per heavy atom. The van der Waals surface area contributed by atoms with Gasteiger partial charge in [-0.1, -0.05) is 0 Å². The van der Waals surface area contributed by atoms with Crippen molar-refractivity contribution in [3.05, 3.63) is 277 Å². The third-order valence-electron chi connectivity index (χ3n) is 15.1. The van der Waals surface area contributed by atoms with E-state index in [-0.39, 0.29) is 44.5 Å². The molecule has 96 heavy (non-hydrogen) atoms. The highest BCUT2D eigenvalue weighted by molar-refractivity contribution is 5.49. The number of aryl methyl sites for hydroxylation is 16. The molecule has 496 valence electrons. The van der Waals surface area contributed by atoms with Crippen LogP contribution in [0.25, 0.3) is 44.7 Å². The fraction of sp³-hybridized carbons (Fsp3) is 0.250. The summed E-state index contributed by atoms with van der Waals surface area (Å²) in [6.45, 7) is 15.0. The molecule has 0 atom stereocenters. The maximum atomic E-state index is 11.5. The molecule has 16 rings (SSSR count). The monoisotopic (exact) mass is 1300 g/mol. The van der Waals surface area contributed by atoms with E-state index in [2.05, 4.69) is 40.3 Å². The lowest BCUT2D eigenvalue weighted by atomic mass is 10.4. The molecule has 16 aromatic heterocycles. The molecule has 32 heteroatoms. The molecule has 0 radical (unpaired) electrons. The van der Waals surface area contributed by atoms with Crippen LogP contribution in [-0.4, -0.2) is 112 Å². The van der Waals surface area contributed by atoms with Gasteiger partial charge in [-0.3, -0.25) is 51.6 Å². The molecule has 0 saturated heterocycles. The van der Waals surface area contributed by atoms with Crippen molar-refractivity contribution in [2.24, 2.45) is 56.4 Å². The van der Waals surface area contributed by atoms with Gasteiger partial charge >= 0.3 is 0 Å². The van der Waals surface area contributed by atoms with Gasteiger partial charge in [0.2, 0.25) is 22.6 Å². The van der Waals surface area contributed by atoms with E-state index in [1.165, 1.54) is 31.9 Å². The Labute approximate surface area is 543 Å². The Kier molecular flexibility index (Phi) is 19.8. The predicted molar refractivity (Wildman–Crippen MR) is 361 cm³/mol. The highest BCUT2D eigenvalue weighted by atomic mass is 16.2. The van der Waals surface area contributed by atoms with Crippen molar-refractivity contribution in [3.8, 4) is 0 Å². The van der Waals surface area contributed by atoms with Crippen LogP contribution < -0.4 is 44.5 Å². The first-order valence-corrected chi connectivity index (χ1v) is 29.6. The van der Waals surface area contributed by atoms with Gasteiger partial charge in [-0.05, 0) is 85.2 Å². The van der Waals surface area contributed by atoms with E-state index < -0.39 is 0 Å². The maximum absolute atomic E-state index is 11.5. The van der Waals surface area contributed by atoms with Crippen LogP contribution >= 0.6 is 0 Å². The van der Waals surface area contributed by atoms with Crippen molar-refractivity contribution >= 4 is 44.7 Å². The smallest absolute Gasteiger partial charge is 0.295 e. The van der Waals surface area contributed by atoms with Gasteiger partial charge in [0.15, 0.2) is 0 Å². The molecule has 16 aromatic rings. The molecule has 32 nitrogen and oxygen atoms in total. The van der Waals surface area contributed by atoms with E-state index in [4.69, 9.17) is 0 Å². The lowest BCUT2D eigenvalue weighted by molar-refractivity contribution is 0.815. The highest BCUT2D eigenvalue weighted by Crippen LogP contribution is 2.06. The van der Waals surface area contributed by atoms with Crippen molar-refractivity contribution in [1.29, 1.82) is 0 Å². The summed E-state index contributed by atoms with van der Waals surface area (Å²) in [7, 11) is 13.8. The molecule has 0 bridgehead atoms. The molecule has 16 heterocycles. The molecule has 0 aliphatic rings. The van der Waals surface area contributed by atoms with Gasteiger partial charge < -0.3 is 49.7 Å². The summed E-state index contributed by atoms with van der Waals surface area (Å²) in [4.78, 5) is 108. The van der Waals surface area contributed by atoms with Crippen molar-refractivity contribution < 1.29 is 0 Å². The fourth-order valence-electron chi connectivity index (χ4n) is 9.61. The first-order valence-electron chi connectivity index (χ1n) is 29.6. The van der Waals surface area contributed by atoms with Crippen LogP contribution in [0.15, 0.2) is 187 Å². The molecule has 0 aliphatic carbocycles. The minimum absolute atomic E-state index is 0.0156. The Bertz CT molecular complexity index is 5220. The van der Waals surface area contributed by atoms with Crippen LogP contribution in [-0.2, 0) is 56.4 Å². The van der Waals surface area contributed by atoms with Crippen LogP contribution in [0.5, 0.6) is 0 Å². The first-order chi connectivity index (χ1) is 45.5. The summed E-state index contributed by atoms with van der Waals surface area (Å²) in [6.07, 6.45) is 35.3. The molecule has 0 aromatic carbocycles. The second kappa shape index (κ2) is 28.1. The molecular weight excluding hydrogens is 1230 g/mol. The van der Waals surface area contributed by atoms with E-state index >= 15 is 0 Å². The van der Waals surface area contributed by atoms with Gasteiger partial charge in [0.1, 0.15) is 39.5 Å². The van der Waals surface area contributed by atoms with Gasteiger partial charge in [0, 0.05) is 186 Å². The second-order valence-corrected chi connectivity index (χ2v) is 22.5. The number of aromatic nitrogens is 24. The van der Waals surface area contributed by atoms with Crippen molar-refractivity contribution in [2.75, 3.05) is 0 Å². The Hall–Kier alpha value is -12.6. The summed E-state index contributed by atoms with van der Waals surface area (Å²) in [5, 5.41) is 15.7. The van der Waals surface area contributed by atoms with Gasteiger partial charge in [-0.15, -0.1) is 10.2 Å². The first kappa shape index (κ1) is 67.7. The van der Waals surface area contributed by atoms with Crippen molar-refractivity contribution in [3.63, 3.8) is 0 Å². The summed E-state index contributed by atoms with van der Waals surface area (Å²) >= 11 is 0. The van der Waals surface area contributed by atoms with Crippen LogP contribution in [0.4, 0.5) is 0 Å². The van der Waals surface area contributed by atoms with Crippen molar-refractivity contribution in [1.82, 2.24) is 112 Å². The van der Waals surface area contributed by atoms with Crippen LogP contribution in [0.1, 0.15) is 45.8 Å². The van der Waals surface area contributed by atoms with Crippen LogP contribution in [0.2, 0.25) is 0 Å². The number of fused-ring (bicyclic) bond motifs is 8. The maximum Gasteiger partial charge on any atom is 0.295 e. The van der Waals surface area contributed by atoms with Gasteiger partial charge in [0.05, 0.1) is 17.6 Å². The summed E-state index contributed by atoms with van der Waals surface area (Å²) in [5.41, 5.74) is 9.00. The fourth-order valence-corrected chi connectivity index (χ4v) is 9.61. The minimum Gasteiger partial charge on any atom is -0.317 e. The predicted octanol–water partition coefficient (Wildman–Crippen LogP) is 2.73. The quantitative estimate of drug-likeness (QED) is 0.211. The minimum atomic E-state index is -0.127. The van der Waals surface area contributed by atoms with E-state index in [9.17, 15) is 38.4 Å². The average molecular weight is 1310 g/mol. The summed E-state index contributed by atoms with van der Waals surface area (Å²) in [6, 6.07) is 7.46. The molecule has 0 amide bonds. The highest BCUT2D eigenvalue weighted by Gasteiger charge is 2.09. The zero-order valence-electron chi connectivity index (χ0n) is 55.9. The zero-order chi connectivity index (χ0) is 69.7. The molecule has 0 unspecified atom stereocenters. The van der Waals surface area contributed by atoms with E-state index in [1.54, 1.807) is 188 Å². The Balaban J connectivity index is 0.000000129. The summed E-state index contributed by atoms with van der Waals surface area (Å²) in [5.74, 6) is 2.17. The standard InChI is InChI=1S/2C9H10N2O.4C8H9N3O.2C7H8N4O/c1-7-5-8-9(12)10(2)3-4-11(8)6-7;1-7-3-4-8-9(12)10(2)5-6-11(7)8;1-6-9-5-7-8(12)10(2)3-4-11(6)7;1-6-5-11-4-3-10(2)8(12)7(11)9-6;1-6-5-9-7-8(12)10(2)3-4-11(6)7;1-6-5-7-8(12)10(2)3-4-11(7)9-6;1-5-8-9-6-7(12)10(2)3-4-11(5)6;1-5-8-6-7(12)10(2)3-4-11(6)9-5/h2*3-6H,1-2H3;4*3-5H,1-2H3;2*3-4H,1-2H3. The Morgan fingerprint density at radius 2 is 0.802 bits per heavy atom. The molecular formula is C64H72N24O8. The third kappa shape index (κ3) is 14.3. The van der Waals surface area contributed by atoms with Gasteiger partial charge in [-0.25, -0.2) is 29.0 Å². The lowest BCUT2D eigenvalue weighted by Gasteiger charge is -1.99. The molecule has 0 spiro atoms. The average Bonchev–Trinajstić information content (AvgIpc) is 1.71. The number of rotatable bonds is 0. The zero-order valence-corrected chi connectivity index (χ0v) is 55.9. The van der Waals surface area contributed by atoms with E-state index in [0.717, 1.165) is 51.0 Å². The number of hydrogen-bond acceptors (Lipinski definition) is 16. The van der Waals surface area contributed by atoms with E-state index in [1.807, 2.05) is 112 Å². The number of imidazole rings is 3. The SMILES string of the molecule is Cc1cc2c(=O)n(C)ccn2c1.Cc1cc2c(=O)n(C)ccn2n1.Cc1ccc2c(=O)n(C)ccn12.Cc1cn2ccn(C)c(=O)c2n1.Cc1cnc2c(=O)n(C)ccn12.Cc1nc2c(=O)n(C)ccn2n1.Cc1ncc2c(=O)n(C)ccn12.Cc1nnc2c(=O)n(C)ccn12. The van der Waals surface area contributed by atoms with Crippen LogP contribution in [0, 0.1) is 55.4 Å². The molecule has 0 aliphatic heterocycles. The molecule has 0 N–H and O–H groups in total. The molecule has 0 saturated carbocycles. The second-order valence-electron chi connectivity index (χ2n) is 22.5. The van der Waals surface area contributed by atoms with Gasteiger partial charge in [-0.2, -0.15) is 10.2 Å². The summed E-state index contributed by atoms with van der Waals surface area (Å²) < 4.78 is 26.0. The molecule has 0 fully saturated rings. The van der Waals surface area contributed by atoms with Gasteiger partial charge in [0.25, 0.3) is 44.5 Å². The normalized spacial score (nSPS) is 10.8.